The number of pyridine rings is 2. The summed E-state index contributed by atoms with van der Waals surface area (Å²) in [5.74, 6) is 0. The molecule has 0 aliphatic carbocycles. The van der Waals surface area contributed by atoms with E-state index in [0.717, 1.165) is 44.6 Å². The molecule has 0 bridgehead atoms. The van der Waals surface area contributed by atoms with Crippen LogP contribution in [0.4, 0.5) is 0 Å². The van der Waals surface area contributed by atoms with Crippen molar-refractivity contribution in [3.8, 4) is 33.5 Å². The molecule has 4 aromatic heterocycles. The first-order valence-electron chi connectivity index (χ1n) is 11.5. The number of ether oxygens (including phenoxy) is 1. The first-order chi connectivity index (χ1) is 16.9. The smallest absolute Gasteiger partial charge is 0.274 e. The molecule has 0 unspecified atom stereocenters. The molecule has 6 rings (SSSR count). The molecule has 176 valence electrons. The lowest BCUT2D eigenvalue weighted by molar-refractivity contribution is -0.0287. The molecule has 1 aromatic carbocycles. The first-order valence-corrected chi connectivity index (χ1v) is 11.5. The van der Waals surface area contributed by atoms with E-state index in [2.05, 4.69) is 10.1 Å². The number of aromatic amines is 1. The summed E-state index contributed by atoms with van der Waals surface area (Å²) in [4.78, 5) is 29.2. The van der Waals surface area contributed by atoms with Crippen LogP contribution < -0.4 is 11.1 Å². The van der Waals surface area contributed by atoms with E-state index in [0.29, 0.717) is 18.7 Å². The largest absolute Gasteiger partial charge is 0.377 e. The van der Waals surface area contributed by atoms with Crippen LogP contribution in [0.3, 0.4) is 0 Å². The van der Waals surface area contributed by atoms with Gasteiger partial charge in [-0.05, 0) is 24.1 Å². The Balaban J connectivity index is 1.60. The number of nitrogens with one attached hydrogen (secondary N) is 1. The molecule has 1 aliphatic rings. The van der Waals surface area contributed by atoms with Gasteiger partial charge in [0.15, 0.2) is 0 Å². The topological polar surface area (TPSA) is 86.8 Å². The normalized spacial score (nSPS) is 13.9. The Hall–Kier alpha value is -4.17. The fourth-order valence-corrected chi connectivity index (χ4v) is 4.70. The fourth-order valence-electron chi connectivity index (χ4n) is 4.70. The molecule has 1 saturated heterocycles. The van der Waals surface area contributed by atoms with Gasteiger partial charge in [-0.25, -0.2) is 0 Å². The van der Waals surface area contributed by atoms with Crippen molar-refractivity contribution in [3.63, 3.8) is 0 Å². The Labute approximate surface area is 201 Å². The van der Waals surface area contributed by atoms with Gasteiger partial charge in [0.05, 0.1) is 30.6 Å². The number of aryl methyl sites for hydroxylation is 3. The number of hydrogen-bond donors (Lipinski definition) is 1. The lowest BCUT2D eigenvalue weighted by atomic mass is 9.95. The molecule has 0 spiro atoms. The predicted octanol–water partition coefficient (Wildman–Crippen LogP) is 3.64. The van der Waals surface area contributed by atoms with Gasteiger partial charge in [-0.1, -0.05) is 30.3 Å². The average Bonchev–Trinajstić information content (AvgIpc) is 3.41. The Bertz CT molecular complexity index is 1700. The number of hydrogen-bond acceptors (Lipinski definition) is 4. The summed E-state index contributed by atoms with van der Waals surface area (Å²) in [7, 11) is 3.48. The van der Waals surface area contributed by atoms with E-state index in [1.54, 1.807) is 29.3 Å². The van der Waals surface area contributed by atoms with Crippen molar-refractivity contribution in [3.05, 3.63) is 87.5 Å². The van der Waals surface area contributed by atoms with Crippen LogP contribution in [0.5, 0.6) is 0 Å². The van der Waals surface area contributed by atoms with Gasteiger partial charge >= 0.3 is 0 Å². The molecule has 5 aromatic rings. The van der Waals surface area contributed by atoms with Gasteiger partial charge in [0.25, 0.3) is 11.1 Å². The van der Waals surface area contributed by atoms with Gasteiger partial charge in [0.2, 0.25) is 0 Å². The van der Waals surface area contributed by atoms with E-state index in [4.69, 9.17) is 4.74 Å². The van der Waals surface area contributed by atoms with Crippen LogP contribution in [0.25, 0.3) is 44.4 Å². The van der Waals surface area contributed by atoms with Crippen LogP contribution in [0.2, 0.25) is 0 Å². The summed E-state index contributed by atoms with van der Waals surface area (Å²) in [6.07, 6.45) is 5.67. The van der Waals surface area contributed by atoms with E-state index in [9.17, 15) is 9.59 Å². The molecule has 1 aliphatic heterocycles. The molecule has 5 heterocycles. The lowest BCUT2D eigenvalue weighted by Crippen LogP contribution is -2.30. The second-order valence-electron chi connectivity index (χ2n) is 9.15. The molecular formula is C27H25N5O3. The SMILES string of the molecule is Cc1nn(C2COC2)cc1-c1cc2c(-c3cc(=O)n(C)cc3-c3ccccc3)cn(C)c(=O)c2[nH]1. The molecular weight excluding hydrogens is 442 g/mol. The third-order valence-electron chi connectivity index (χ3n) is 6.77. The molecule has 0 atom stereocenters. The van der Waals surface area contributed by atoms with Gasteiger partial charge in [0, 0.05) is 60.8 Å². The number of benzene rings is 1. The summed E-state index contributed by atoms with van der Waals surface area (Å²) in [5, 5.41) is 5.44. The second-order valence-corrected chi connectivity index (χ2v) is 9.15. The highest BCUT2D eigenvalue weighted by atomic mass is 16.5. The minimum absolute atomic E-state index is 0.114. The minimum Gasteiger partial charge on any atom is -0.377 e. The van der Waals surface area contributed by atoms with E-state index in [1.807, 2.05) is 66.6 Å². The van der Waals surface area contributed by atoms with Gasteiger partial charge in [-0.3, -0.25) is 14.3 Å². The minimum atomic E-state index is -0.127. The number of fused-ring (bicyclic) bond motifs is 1. The number of rotatable bonds is 4. The second kappa shape index (κ2) is 7.95. The summed E-state index contributed by atoms with van der Waals surface area (Å²) in [6, 6.07) is 13.8. The van der Waals surface area contributed by atoms with E-state index in [-0.39, 0.29) is 17.2 Å². The zero-order valence-electron chi connectivity index (χ0n) is 19.8. The highest BCUT2D eigenvalue weighted by Crippen LogP contribution is 2.36. The van der Waals surface area contributed by atoms with E-state index < -0.39 is 0 Å². The lowest BCUT2D eigenvalue weighted by Gasteiger charge is -2.25. The maximum atomic E-state index is 13.1. The monoisotopic (exact) mass is 467 g/mol. The van der Waals surface area contributed by atoms with Crippen LogP contribution in [0.1, 0.15) is 11.7 Å². The summed E-state index contributed by atoms with van der Waals surface area (Å²) in [5.41, 5.74) is 6.41. The Kier molecular flexibility index (Phi) is 4.86. The third kappa shape index (κ3) is 3.45. The number of nitrogens with zero attached hydrogens (tertiary/aromatic N) is 4. The molecule has 0 amide bonds. The molecule has 0 saturated carbocycles. The van der Waals surface area contributed by atoms with Gasteiger partial charge in [0.1, 0.15) is 5.52 Å². The van der Waals surface area contributed by atoms with Crippen molar-refractivity contribution >= 4 is 10.9 Å². The predicted molar refractivity (Wildman–Crippen MR) is 135 cm³/mol. The van der Waals surface area contributed by atoms with Crippen LogP contribution in [-0.2, 0) is 18.8 Å². The Morgan fingerprint density at radius 2 is 1.66 bits per heavy atom. The standard InChI is InChI=1S/C27H25N5O3/c1-16-21(13-32(29-16)18-14-35-15-18)24-9-20-23(12-31(3)27(34)26(20)28-24)19-10-25(33)30(2)11-22(19)17-7-5-4-6-8-17/h4-13,18,28H,14-15H2,1-3H3. The van der Waals surface area contributed by atoms with Gasteiger partial charge in [-0.2, -0.15) is 5.10 Å². The molecule has 35 heavy (non-hydrogen) atoms. The zero-order valence-corrected chi connectivity index (χ0v) is 19.8. The zero-order chi connectivity index (χ0) is 24.3. The summed E-state index contributed by atoms with van der Waals surface area (Å²) >= 11 is 0. The highest BCUT2D eigenvalue weighted by molar-refractivity contribution is 6.00. The Morgan fingerprint density at radius 1 is 0.914 bits per heavy atom. The third-order valence-corrected chi connectivity index (χ3v) is 6.77. The van der Waals surface area contributed by atoms with Gasteiger partial charge in [-0.15, -0.1) is 0 Å². The summed E-state index contributed by atoms with van der Waals surface area (Å²) in [6.45, 7) is 3.27. The molecule has 8 heteroatoms. The molecule has 1 N–H and O–H groups in total. The van der Waals surface area contributed by atoms with Crippen molar-refractivity contribution < 1.29 is 4.74 Å². The number of H-pyrrole nitrogens is 1. The fraction of sp³-hybridized carbons (Fsp3) is 0.222. The van der Waals surface area contributed by atoms with Gasteiger partial charge < -0.3 is 18.9 Å². The molecule has 0 radical (unpaired) electrons. The van der Waals surface area contributed by atoms with Crippen molar-refractivity contribution in [2.45, 2.75) is 13.0 Å². The first kappa shape index (κ1) is 21.4. The molecule has 1 fully saturated rings. The maximum Gasteiger partial charge on any atom is 0.274 e. The van der Waals surface area contributed by atoms with Crippen molar-refractivity contribution in [1.29, 1.82) is 0 Å². The van der Waals surface area contributed by atoms with Crippen LogP contribution in [0, 0.1) is 6.92 Å². The molecule has 8 nitrogen and oxygen atoms in total. The number of aromatic nitrogens is 5. The van der Waals surface area contributed by atoms with Crippen LogP contribution in [0.15, 0.2) is 70.6 Å². The van der Waals surface area contributed by atoms with Crippen LogP contribution in [-0.4, -0.2) is 37.1 Å². The highest BCUT2D eigenvalue weighted by Gasteiger charge is 2.24. The summed E-state index contributed by atoms with van der Waals surface area (Å²) < 4.78 is 10.4. The van der Waals surface area contributed by atoms with Crippen molar-refractivity contribution in [2.24, 2.45) is 14.1 Å². The Morgan fingerprint density at radius 3 is 2.37 bits per heavy atom. The quantitative estimate of drug-likeness (QED) is 0.437. The van der Waals surface area contributed by atoms with E-state index in [1.165, 1.54) is 0 Å². The van der Waals surface area contributed by atoms with Crippen molar-refractivity contribution in [2.75, 3.05) is 13.2 Å². The van der Waals surface area contributed by atoms with E-state index >= 15 is 0 Å². The average molecular weight is 468 g/mol. The van der Waals surface area contributed by atoms with Crippen LogP contribution >= 0.6 is 0 Å². The van der Waals surface area contributed by atoms with Crippen molar-refractivity contribution in [1.82, 2.24) is 23.9 Å². The maximum absolute atomic E-state index is 13.1.